The Kier molecular flexibility index (Phi) is 6.83. The fourth-order valence-electron chi connectivity index (χ4n) is 3.95. The number of carbonyl (C=O) groups is 1. The molecule has 3 aromatic rings. The zero-order valence-corrected chi connectivity index (χ0v) is 19.2. The van der Waals surface area contributed by atoms with Crippen LogP contribution in [-0.2, 0) is 16.1 Å². The number of nitrogens with zero attached hydrogens (tertiary/aromatic N) is 4. The zero-order chi connectivity index (χ0) is 25.3. The zero-order valence-electron chi connectivity index (χ0n) is 19.2. The summed E-state index contributed by atoms with van der Waals surface area (Å²) in [7, 11) is 0. The van der Waals surface area contributed by atoms with Crippen LogP contribution >= 0.6 is 0 Å². The topological polar surface area (TPSA) is 118 Å². The predicted molar refractivity (Wildman–Crippen MR) is 116 cm³/mol. The van der Waals surface area contributed by atoms with Crippen LogP contribution in [0.4, 0.5) is 34.1 Å². The van der Waals surface area contributed by atoms with Gasteiger partial charge in [0.2, 0.25) is 5.95 Å². The molecule has 1 aliphatic rings. The highest BCUT2D eigenvalue weighted by atomic mass is 19.4. The molecule has 1 fully saturated rings. The number of hydrogen-bond donors (Lipinski definition) is 3. The van der Waals surface area contributed by atoms with Crippen LogP contribution in [0.1, 0.15) is 49.7 Å². The molecule has 3 heterocycles. The van der Waals surface area contributed by atoms with Gasteiger partial charge < -0.3 is 15.4 Å². The quantitative estimate of drug-likeness (QED) is 0.416. The summed E-state index contributed by atoms with van der Waals surface area (Å²) in [6, 6.07) is 3.11. The summed E-state index contributed by atoms with van der Waals surface area (Å²) >= 11 is 0. The molecule has 3 atom stereocenters. The molecule has 0 aromatic carbocycles. The first kappa shape index (κ1) is 24.7. The van der Waals surface area contributed by atoms with Crippen LogP contribution in [-0.4, -0.2) is 55.3 Å². The standard InChI is InChI=1S/C21H25F4N7O3/c1-10(2)26-20(33)35-15-5-4-13(18(15)22)14-7-16(31-30-14)29-19-27-11(3)6-17-28-12(8-32(17)19)9-34-21(23,24)25/h6-8,10,13,15,18H,4-5,9H2,1-3H3,(H,26,33)(H2,27,29,30,31)/t13-,15-,18+/m0/s1. The van der Waals surface area contributed by atoms with Gasteiger partial charge in [0.1, 0.15) is 17.9 Å². The molecular weight excluding hydrogens is 474 g/mol. The van der Waals surface area contributed by atoms with E-state index in [1.165, 1.54) is 10.6 Å². The molecule has 3 N–H and O–H groups in total. The second-order valence-corrected chi connectivity index (χ2v) is 8.62. The van der Waals surface area contributed by atoms with Gasteiger partial charge in [0.15, 0.2) is 5.82 Å². The number of imidazole rings is 1. The maximum atomic E-state index is 15.0. The number of nitrogens with one attached hydrogen (secondary N) is 3. The number of fused-ring (bicyclic) bond motifs is 1. The molecule has 0 spiro atoms. The van der Waals surface area contributed by atoms with Crippen molar-refractivity contribution in [3.63, 3.8) is 0 Å². The average Bonchev–Trinajstić information content (AvgIpc) is 3.45. The molecule has 35 heavy (non-hydrogen) atoms. The van der Waals surface area contributed by atoms with Gasteiger partial charge in [0, 0.05) is 41.7 Å². The summed E-state index contributed by atoms with van der Waals surface area (Å²) in [4.78, 5) is 20.3. The van der Waals surface area contributed by atoms with Gasteiger partial charge in [0.05, 0.1) is 12.3 Å². The summed E-state index contributed by atoms with van der Waals surface area (Å²) in [5.41, 5.74) is 1.53. The number of ether oxygens (including phenoxy) is 2. The van der Waals surface area contributed by atoms with Crippen molar-refractivity contribution in [1.82, 2.24) is 29.9 Å². The molecule has 0 unspecified atom stereocenters. The Bertz CT molecular complexity index is 1190. The van der Waals surface area contributed by atoms with E-state index in [0.29, 0.717) is 35.7 Å². The molecule has 1 saturated carbocycles. The summed E-state index contributed by atoms with van der Waals surface area (Å²) in [5, 5.41) is 12.5. The fraction of sp³-hybridized carbons (Fsp3) is 0.524. The predicted octanol–water partition coefficient (Wildman–Crippen LogP) is 4.26. The average molecular weight is 499 g/mol. The van der Waals surface area contributed by atoms with Crippen molar-refractivity contribution in [1.29, 1.82) is 0 Å². The number of aromatic nitrogens is 5. The molecule has 0 radical (unpaired) electrons. The Morgan fingerprint density at radius 1 is 1.29 bits per heavy atom. The van der Waals surface area contributed by atoms with Crippen molar-refractivity contribution in [2.75, 3.05) is 5.32 Å². The largest absolute Gasteiger partial charge is 0.522 e. The van der Waals surface area contributed by atoms with Crippen molar-refractivity contribution in [2.24, 2.45) is 0 Å². The van der Waals surface area contributed by atoms with Crippen molar-refractivity contribution < 1.29 is 31.8 Å². The smallest absolute Gasteiger partial charge is 0.443 e. The number of H-pyrrole nitrogens is 1. The van der Waals surface area contributed by atoms with E-state index in [0.717, 1.165) is 0 Å². The monoisotopic (exact) mass is 499 g/mol. The molecule has 10 nitrogen and oxygen atoms in total. The lowest BCUT2D eigenvalue weighted by molar-refractivity contribution is -0.330. The Hall–Kier alpha value is -3.42. The molecule has 0 saturated heterocycles. The lowest BCUT2D eigenvalue weighted by atomic mass is 10.0. The Morgan fingerprint density at radius 2 is 2.06 bits per heavy atom. The number of halogens is 4. The second kappa shape index (κ2) is 9.68. The van der Waals surface area contributed by atoms with Gasteiger partial charge in [-0.1, -0.05) is 0 Å². The summed E-state index contributed by atoms with van der Waals surface area (Å²) in [5.74, 6) is 0.0497. The molecular formula is C21H25F4N7O3. The Balaban J connectivity index is 1.46. The van der Waals surface area contributed by atoms with Crippen LogP contribution in [0.15, 0.2) is 18.3 Å². The van der Waals surface area contributed by atoms with E-state index >= 15 is 4.39 Å². The SMILES string of the molecule is Cc1cc2nc(COC(F)(F)F)cn2c(Nc2cc([C@@H]3CC[C@H](OC(=O)NC(C)C)[C@@H]3F)[nH]n2)n1. The van der Waals surface area contributed by atoms with Crippen LogP contribution in [0.3, 0.4) is 0 Å². The van der Waals surface area contributed by atoms with E-state index in [-0.39, 0.29) is 17.7 Å². The molecule has 190 valence electrons. The summed E-state index contributed by atoms with van der Waals surface area (Å²) < 4.78 is 62.7. The van der Waals surface area contributed by atoms with Crippen LogP contribution in [0.2, 0.25) is 0 Å². The lowest BCUT2D eigenvalue weighted by Crippen LogP contribution is -2.36. The highest BCUT2D eigenvalue weighted by molar-refractivity contribution is 5.67. The van der Waals surface area contributed by atoms with Gasteiger partial charge in [-0.2, -0.15) is 5.10 Å². The first-order valence-electron chi connectivity index (χ1n) is 11.0. The Morgan fingerprint density at radius 3 is 2.77 bits per heavy atom. The van der Waals surface area contributed by atoms with Crippen LogP contribution in [0, 0.1) is 6.92 Å². The Labute approximate surface area is 197 Å². The first-order valence-corrected chi connectivity index (χ1v) is 11.0. The minimum absolute atomic E-state index is 0.0688. The van der Waals surface area contributed by atoms with Crippen molar-refractivity contribution in [3.8, 4) is 0 Å². The molecule has 0 bridgehead atoms. The first-order chi connectivity index (χ1) is 16.5. The fourth-order valence-corrected chi connectivity index (χ4v) is 3.95. The number of aromatic amines is 1. The van der Waals surface area contributed by atoms with Gasteiger partial charge >= 0.3 is 12.5 Å². The van der Waals surface area contributed by atoms with Crippen LogP contribution in [0.25, 0.3) is 5.65 Å². The highest BCUT2D eigenvalue weighted by Crippen LogP contribution is 2.38. The molecule has 0 aliphatic heterocycles. The maximum absolute atomic E-state index is 15.0. The number of amides is 1. The molecule has 1 aliphatic carbocycles. The highest BCUT2D eigenvalue weighted by Gasteiger charge is 2.41. The van der Waals surface area contributed by atoms with Gasteiger partial charge in [-0.15, -0.1) is 13.2 Å². The van der Waals surface area contributed by atoms with E-state index in [4.69, 9.17) is 4.74 Å². The van der Waals surface area contributed by atoms with E-state index in [9.17, 15) is 18.0 Å². The van der Waals surface area contributed by atoms with Gasteiger partial charge in [0.25, 0.3) is 0 Å². The number of carbonyl (C=O) groups excluding carboxylic acids is 1. The van der Waals surface area contributed by atoms with E-state index < -0.39 is 37.3 Å². The number of rotatable bonds is 7. The third kappa shape index (κ3) is 5.99. The number of anilines is 2. The molecule has 4 rings (SSSR count). The van der Waals surface area contributed by atoms with Crippen molar-refractivity contribution in [2.45, 2.75) is 70.8 Å². The van der Waals surface area contributed by atoms with Gasteiger partial charge in [-0.05, 0) is 33.6 Å². The van der Waals surface area contributed by atoms with Crippen molar-refractivity contribution >= 4 is 23.5 Å². The lowest BCUT2D eigenvalue weighted by Gasteiger charge is -2.18. The van der Waals surface area contributed by atoms with Crippen LogP contribution in [0.5, 0.6) is 0 Å². The van der Waals surface area contributed by atoms with Gasteiger partial charge in [-0.3, -0.25) is 14.2 Å². The summed E-state index contributed by atoms with van der Waals surface area (Å²) in [6.07, 6.45) is -5.49. The molecule has 1 amide bonds. The van der Waals surface area contributed by atoms with E-state index in [1.54, 1.807) is 32.9 Å². The maximum Gasteiger partial charge on any atom is 0.522 e. The molecule has 3 aromatic heterocycles. The third-order valence-corrected chi connectivity index (χ3v) is 5.42. The minimum atomic E-state index is -4.77. The summed E-state index contributed by atoms with van der Waals surface area (Å²) in [6.45, 7) is 4.53. The van der Waals surface area contributed by atoms with E-state index in [2.05, 4.69) is 35.5 Å². The minimum Gasteiger partial charge on any atom is -0.443 e. The molecule has 14 heteroatoms. The number of hydrogen-bond acceptors (Lipinski definition) is 7. The van der Waals surface area contributed by atoms with Gasteiger partial charge in [-0.25, -0.2) is 19.2 Å². The third-order valence-electron chi connectivity index (χ3n) is 5.42. The van der Waals surface area contributed by atoms with E-state index in [1.807, 2.05) is 0 Å². The van der Waals surface area contributed by atoms with Crippen LogP contribution < -0.4 is 10.6 Å². The normalized spacial score (nSPS) is 20.5. The van der Waals surface area contributed by atoms with Crippen molar-refractivity contribution in [3.05, 3.63) is 35.4 Å². The number of alkyl halides is 4. The number of aryl methyl sites for hydroxylation is 1. The second-order valence-electron chi connectivity index (χ2n) is 8.62. The number of alkyl carbamates (subject to hydrolysis) is 1.